The monoisotopic (exact) mass is 286 g/mol. The van der Waals surface area contributed by atoms with Gasteiger partial charge in [-0.3, -0.25) is 4.98 Å². The third kappa shape index (κ3) is 3.48. The lowest BCUT2D eigenvalue weighted by molar-refractivity contribution is 0.339. The lowest BCUT2D eigenvalue weighted by Gasteiger charge is -2.13. The van der Waals surface area contributed by atoms with Gasteiger partial charge in [0.05, 0.1) is 18.5 Å². The minimum Gasteiger partial charge on any atom is -0.492 e. The molecule has 0 radical (unpaired) electrons. The van der Waals surface area contributed by atoms with Crippen molar-refractivity contribution in [2.45, 2.75) is 34.1 Å². The summed E-state index contributed by atoms with van der Waals surface area (Å²) in [6.07, 6.45) is 4.33. The van der Waals surface area contributed by atoms with Crippen LogP contribution in [0.3, 0.4) is 0 Å². The molecule has 0 aliphatic carbocycles. The fraction of sp³-hybridized carbons (Fsp3) is 0.438. The van der Waals surface area contributed by atoms with E-state index in [4.69, 9.17) is 4.74 Å². The number of hydrogen-bond acceptors (Lipinski definition) is 5. The van der Waals surface area contributed by atoms with Gasteiger partial charge in [0.1, 0.15) is 17.4 Å². The highest BCUT2D eigenvalue weighted by Crippen LogP contribution is 2.27. The average molecular weight is 286 g/mol. The number of nitrogens with zero attached hydrogens (tertiary/aromatic N) is 3. The lowest BCUT2D eigenvalue weighted by atomic mass is 10.1. The van der Waals surface area contributed by atoms with Crippen molar-refractivity contribution in [3.8, 4) is 17.0 Å². The molecule has 112 valence electrons. The van der Waals surface area contributed by atoms with Crippen LogP contribution in [0.5, 0.6) is 5.75 Å². The normalized spacial score (nSPS) is 10.5. The second kappa shape index (κ2) is 7.02. The van der Waals surface area contributed by atoms with Crippen LogP contribution in [0.15, 0.2) is 18.5 Å². The van der Waals surface area contributed by atoms with Crippen molar-refractivity contribution in [2.75, 3.05) is 18.5 Å². The Hall–Kier alpha value is -2.17. The Morgan fingerprint density at radius 3 is 2.62 bits per heavy atom. The molecule has 0 amide bonds. The quantitative estimate of drug-likeness (QED) is 0.883. The van der Waals surface area contributed by atoms with Gasteiger partial charge in [-0.05, 0) is 26.8 Å². The molecule has 0 saturated heterocycles. The van der Waals surface area contributed by atoms with Gasteiger partial charge in [-0.2, -0.15) is 0 Å². The topological polar surface area (TPSA) is 59.9 Å². The molecule has 0 spiro atoms. The Labute approximate surface area is 125 Å². The van der Waals surface area contributed by atoms with E-state index in [-0.39, 0.29) is 0 Å². The molecule has 0 unspecified atom stereocenters. The van der Waals surface area contributed by atoms with Gasteiger partial charge in [-0.1, -0.05) is 6.92 Å². The molecule has 5 heteroatoms. The van der Waals surface area contributed by atoms with Gasteiger partial charge >= 0.3 is 0 Å². The molecule has 2 heterocycles. The van der Waals surface area contributed by atoms with Crippen LogP contribution in [0.4, 0.5) is 5.82 Å². The first kappa shape index (κ1) is 15.2. The third-order valence-electron chi connectivity index (χ3n) is 3.15. The van der Waals surface area contributed by atoms with Gasteiger partial charge in [0, 0.05) is 30.3 Å². The first-order chi connectivity index (χ1) is 10.2. The average Bonchev–Trinajstić information content (AvgIpc) is 2.50. The molecule has 0 saturated carbocycles. The van der Waals surface area contributed by atoms with E-state index in [0.717, 1.165) is 47.2 Å². The van der Waals surface area contributed by atoms with Crippen molar-refractivity contribution < 1.29 is 4.74 Å². The molecule has 0 aliphatic rings. The van der Waals surface area contributed by atoms with Gasteiger partial charge in [0.15, 0.2) is 0 Å². The number of aryl methyl sites for hydroxylation is 1. The first-order valence-electron chi connectivity index (χ1n) is 7.39. The summed E-state index contributed by atoms with van der Waals surface area (Å²) in [5.74, 6) is 2.48. The van der Waals surface area contributed by atoms with Crippen LogP contribution < -0.4 is 10.1 Å². The molecule has 5 nitrogen and oxygen atoms in total. The van der Waals surface area contributed by atoms with Gasteiger partial charge in [0.2, 0.25) is 0 Å². The van der Waals surface area contributed by atoms with Crippen LogP contribution in [0.1, 0.15) is 32.2 Å². The first-order valence-corrected chi connectivity index (χ1v) is 7.39. The van der Waals surface area contributed by atoms with E-state index in [1.54, 1.807) is 6.20 Å². The van der Waals surface area contributed by atoms with Crippen molar-refractivity contribution in [3.63, 3.8) is 0 Å². The van der Waals surface area contributed by atoms with E-state index in [1.807, 2.05) is 26.1 Å². The summed E-state index contributed by atoms with van der Waals surface area (Å²) in [6.45, 7) is 9.55. The van der Waals surface area contributed by atoms with E-state index in [1.165, 1.54) is 0 Å². The maximum atomic E-state index is 5.52. The Bertz CT molecular complexity index is 613. The minimum atomic E-state index is 0.622. The number of aromatic nitrogens is 3. The summed E-state index contributed by atoms with van der Waals surface area (Å²) in [6, 6.07) is 1.97. The predicted molar refractivity (Wildman–Crippen MR) is 84.7 cm³/mol. The molecule has 1 N–H and O–H groups in total. The fourth-order valence-corrected chi connectivity index (χ4v) is 2.14. The van der Waals surface area contributed by atoms with Crippen molar-refractivity contribution in [3.05, 3.63) is 29.8 Å². The largest absolute Gasteiger partial charge is 0.492 e. The van der Waals surface area contributed by atoms with E-state index in [9.17, 15) is 0 Å². The maximum Gasteiger partial charge on any atom is 0.138 e. The van der Waals surface area contributed by atoms with Crippen LogP contribution in [0.2, 0.25) is 0 Å². The molecule has 0 bridgehead atoms. The van der Waals surface area contributed by atoms with Crippen molar-refractivity contribution in [1.82, 2.24) is 15.0 Å². The molecule has 0 aromatic carbocycles. The Balaban J connectivity index is 2.51. The third-order valence-corrected chi connectivity index (χ3v) is 3.15. The smallest absolute Gasteiger partial charge is 0.138 e. The summed E-state index contributed by atoms with van der Waals surface area (Å²) in [5, 5.41) is 3.30. The van der Waals surface area contributed by atoms with Gasteiger partial charge < -0.3 is 10.1 Å². The fourth-order valence-electron chi connectivity index (χ4n) is 2.14. The maximum absolute atomic E-state index is 5.52. The molecular formula is C16H22N4O. The van der Waals surface area contributed by atoms with E-state index >= 15 is 0 Å². The molecule has 2 aromatic rings. The van der Waals surface area contributed by atoms with Gasteiger partial charge in [-0.25, -0.2) is 9.97 Å². The molecule has 2 aromatic heterocycles. The lowest BCUT2D eigenvalue weighted by Crippen LogP contribution is -2.07. The Morgan fingerprint density at radius 1 is 1.14 bits per heavy atom. The zero-order valence-electron chi connectivity index (χ0n) is 13.1. The SMILES string of the molecule is CCNc1nc(CC)nc(-c2cncc(OCC)c2)c1C. The molecule has 2 rings (SSSR count). The summed E-state index contributed by atoms with van der Waals surface area (Å²) in [4.78, 5) is 13.5. The van der Waals surface area contributed by atoms with Crippen LogP contribution in [0, 0.1) is 6.92 Å². The van der Waals surface area contributed by atoms with Gasteiger partial charge in [0.25, 0.3) is 0 Å². The highest BCUT2D eigenvalue weighted by molar-refractivity contribution is 5.68. The second-order valence-electron chi connectivity index (χ2n) is 4.69. The molecule has 0 aliphatic heterocycles. The van der Waals surface area contributed by atoms with Crippen molar-refractivity contribution in [2.24, 2.45) is 0 Å². The number of rotatable bonds is 6. The molecule has 0 atom stereocenters. The number of nitrogens with one attached hydrogen (secondary N) is 1. The van der Waals surface area contributed by atoms with Crippen LogP contribution in [-0.2, 0) is 6.42 Å². The van der Waals surface area contributed by atoms with E-state index in [0.29, 0.717) is 6.61 Å². The highest BCUT2D eigenvalue weighted by atomic mass is 16.5. The second-order valence-corrected chi connectivity index (χ2v) is 4.69. The summed E-state index contributed by atoms with van der Waals surface area (Å²) in [5.41, 5.74) is 2.89. The standard InChI is InChI=1S/C16H22N4O/c1-5-14-19-15(11(4)16(20-14)18-6-2)12-8-13(21-7-3)10-17-9-12/h8-10H,5-7H2,1-4H3,(H,18,19,20). The van der Waals surface area contributed by atoms with Crippen LogP contribution in [0.25, 0.3) is 11.3 Å². The summed E-state index contributed by atoms with van der Waals surface area (Å²) >= 11 is 0. The predicted octanol–water partition coefficient (Wildman–Crippen LogP) is 3.24. The van der Waals surface area contributed by atoms with Crippen molar-refractivity contribution >= 4 is 5.82 Å². The Kier molecular flexibility index (Phi) is 5.09. The van der Waals surface area contributed by atoms with Crippen LogP contribution in [-0.4, -0.2) is 28.1 Å². The van der Waals surface area contributed by atoms with Crippen molar-refractivity contribution in [1.29, 1.82) is 0 Å². The minimum absolute atomic E-state index is 0.622. The van der Waals surface area contributed by atoms with E-state index < -0.39 is 0 Å². The number of ether oxygens (including phenoxy) is 1. The molecule has 21 heavy (non-hydrogen) atoms. The number of anilines is 1. The number of pyridine rings is 1. The summed E-state index contributed by atoms with van der Waals surface area (Å²) in [7, 11) is 0. The zero-order chi connectivity index (χ0) is 15.2. The zero-order valence-corrected chi connectivity index (χ0v) is 13.1. The Morgan fingerprint density at radius 2 is 1.95 bits per heavy atom. The summed E-state index contributed by atoms with van der Waals surface area (Å²) < 4.78 is 5.52. The highest BCUT2D eigenvalue weighted by Gasteiger charge is 2.12. The molecule has 0 fully saturated rings. The van der Waals surface area contributed by atoms with Gasteiger partial charge in [-0.15, -0.1) is 0 Å². The van der Waals surface area contributed by atoms with E-state index in [2.05, 4.69) is 34.1 Å². The molecular weight excluding hydrogens is 264 g/mol. The number of hydrogen-bond donors (Lipinski definition) is 1. The van der Waals surface area contributed by atoms with Crippen LogP contribution >= 0.6 is 0 Å².